The molecule has 2 aliphatic rings. The molecule has 1 amide bonds. The van der Waals surface area contributed by atoms with Crippen LogP contribution in [0.1, 0.15) is 45.2 Å². The summed E-state index contributed by atoms with van der Waals surface area (Å²) in [5, 5.41) is 7.68. The minimum Gasteiger partial charge on any atom is -0.359 e. The zero-order chi connectivity index (χ0) is 21.1. The first kappa shape index (κ1) is 21.2. The quantitative estimate of drug-likeness (QED) is 0.698. The first-order valence-corrected chi connectivity index (χ1v) is 10.8. The van der Waals surface area contributed by atoms with Crippen LogP contribution in [0.5, 0.6) is 0 Å². The molecule has 0 spiro atoms. The van der Waals surface area contributed by atoms with Gasteiger partial charge < -0.3 is 18.9 Å². The third-order valence-electron chi connectivity index (χ3n) is 5.70. The van der Waals surface area contributed by atoms with Crippen molar-refractivity contribution >= 4 is 29.1 Å². The molecule has 2 saturated heterocycles. The van der Waals surface area contributed by atoms with Crippen LogP contribution in [-0.2, 0) is 19.7 Å². The van der Waals surface area contributed by atoms with Crippen molar-refractivity contribution in [2.45, 2.75) is 57.3 Å². The lowest BCUT2D eigenvalue weighted by Crippen LogP contribution is -2.54. The van der Waals surface area contributed by atoms with Gasteiger partial charge in [-0.1, -0.05) is 30.6 Å². The summed E-state index contributed by atoms with van der Waals surface area (Å²) in [5.74, 6) is 0.239. The lowest BCUT2D eigenvalue weighted by Gasteiger charge is -2.41. The van der Waals surface area contributed by atoms with Crippen LogP contribution in [0.15, 0.2) is 34.9 Å². The molecular formula is C22H28ClN3O4. The Bertz CT molecular complexity index is 862. The second-order valence-electron chi connectivity index (χ2n) is 8.53. The molecule has 2 aliphatic heterocycles. The molecule has 2 unspecified atom stereocenters. The molecule has 0 bridgehead atoms. The minimum atomic E-state index is -0.362. The number of hydrogen-bond acceptors (Lipinski definition) is 6. The van der Waals surface area contributed by atoms with E-state index in [0.29, 0.717) is 17.5 Å². The van der Waals surface area contributed by atoms with Crippen LogP contribution in [-0.4, -0.2) is 43.2 Å². The summed E-state index contributed by atoms with van der Waals surface area (Å²) in [6, 6.07) is 9.04. The van der Waals surface area contributed by atoms with Gasteiger partial charge in [-0.15, -0.1) is 0 Å². The Balaban J connectivity index is 1.33. The van der Waals surface area contributed by atoms with Gasteiger partial charge in [0.25, 0.3) is 0 Å². The molecule has 8 heteroatoms. The standard InChI is InChI=1S/C22H28ClN3O4/c1-22(2,14-29-20-5-3-4-12-28-20)18-13-19(30-25-18)24-21(27)17-10-11-26(17)16-8-6-15(23)7-9-16/h6-9,13,17,20H,3-5,10-12,14H2,1-2H3,(H,24,27). The number of benzene rings is 1. The molecule has 3 heterocycles. The summed E-state index contributed by atoms with van der Waals surface area (Å²) < 4.78 is 16.9. The predicted molar refractivity (Wildman–Crippen MR) is 115 cm³/mol. The first-order chi connectivity index (χ1) is 14.4. The van der Waals surface area contributed by atoms with E-state index in [1.54, 1.807) is 6.07 Å². The number of halogens is 1. The Kier molecular flexibility index (Phi) is 6.32. The zero-order valence-electron chi connectivity index (χ0n) is 17.4. The topological polar surface area (TPSA) is 76.8 Å². The van der Waals surface area contributed by atoms with Crippen LogP contribution in [0.4, 0.5) is 11.6 Å². The number of amides is 1. The Labute approximate surface area is 181 Å². The van der Waals surface area contributed by atoms with Crippen molar-refractivity contribution < 1.29 is 18.8 Å². The van der Waals surface area contributed by atoms with E-state index in [0.717, 1.165) is 50.2 Å². The van der Waals surface area contributed by atoms with Gasteiger partial charge in [0, 0.05) is 35.3 Å². The van der Waals surface area contributed by atoms with E-state index >= 15 is 0 Å². The van der Waals surface area contributed by atoms with E-state index in [1.807, 2.05) is 43.0 Å². The maximum atomic E-state index is 12.7. The fourth-order valence-electron chi connectivity index (χ4n) is 3.68. The maximum Gasteiger partial charge on any atom is 0.249 e. The third kappa shape index (κ3) is 4.79. The largest absolute Gasteiger partial charge is 0.359 e. The number of rotatable bonds is 7. The van der Waals surface area contributed by atoms with Gasteiger partial charge in [0.05, 0.1) is 12.3 Å². The molecule has 1 aromatic carbocycles. The van der Waals surface area contributed by atoms with Gasteiger partial charge in [0.1, 0.15) is 6.04 Å². The monoisotopic (exact) mass is 433 g/mol. The molecule has 0 aliphatic carbocycles. The molecule has 2 atom stereocenters. The van der Waals surface area contributed by atoms with E-state index in [-0.39, 0.29) is 23.7 Å². The molecule has 1 aromatic heterocycles. The van der Waals surface area contributed by atoms with Crippen molar-refractivity contribution in [2.24, 2.45) is 0 Å². The van der Waals surface area contributed by atoms with Crippen molar-refractivity contribution in [3.8, 4) is 0 Å². The Morgan fingerprint density at radius 3 is 2.77 bits per heavy atom. The lowest BCUT2D eigenvalue weighted by atomic mass is 9.90. The van der Waals surface area contributed by atoms with Crippen LogP contribution in [0.3, 0.4) is 0 Å². The van der Waals surface area contributed by atoms with Gasteiger partial charge >= 0.3 is 0 Å². The van der Waals surface area contributed by atoms with E-state index in [2.05, 4.69) is 10.5 Å². The number of carbonyl (C=O) groups excluding carboxylic acids is 1. The van der Waals surface area contributed by atoms with Crippen molar-refractivity contribution in [1.29, 1.82) is 0 Å². The highest BCUT2D eigenvalue weighted by Crippen LogP contribution is 2.30. The Hall–Kier alpha value is -2.09. The number of ether oxygens (including phenoxy) is 2. The molecule has 2 fully saturated rings. The molecule has 0 saturated carbocycles. The smallest absolute Gasteiger partial charge is 0.249 e. The number of anilines is 2. The molecule has 30 heavy (non-hydrogen) atoms. The van der Waals surface area contributed by atoms with Crippen LogP contribution >= 0.6 is 11.6 Å². The van der Waals surface area contributed by atoms with Crippen molar-refractivity contribution in [1.82, 2.24) is 5.16 Å². The second kappa shape index (κ2) is 8.96. The minimum absolute atomic E-state index is 0.108. The van der Waals surface area contributed by atoms with Crippen LogP contribution in [0, 0.1) is 0 Å². The number of nitrogens with zero attached hydrogens (tertiary/aromatic N) is 2. The van der Waals surface area contributed by atoms with E-state index < -0.39 is 0 Å². The van der Waals surface area contributed by atoms with E-state index in [1.165, 1.54) is 0 Å². The highest BCUT2D eigenvalue weighted by atomic mass is 35.5. The van der Waals surface area contributed by atoms with Gasteiger partial charge in [-0.2, -0.15) is 0 Å². The number of carbonyl (C=O) groups is 1. The highest BCUT2D eigenvalue weighted by Gasteiger charge is 2.35. The number of hydrogen-bond donors (Lipinski definition) is 1. The van der Waals surface area contributed by atoms with E-state index in [4.69, 9.17) is 25.6 Å². The normalized spacial score (nSPS) is 21.9. The summed E-state index contributed by atoms with van der Waals surface area (Å²) in [5.41, 5.74) is 1.35. The Morgan fingerprint density at radius 2 is 2.10 bits per heavy atom. The maximum absolute atomic E-state index is 12.7. The first-order valence-electron chi connectivity index (χ1n) is 10.5. The van der Waals surface area contributed by atoms with Gasteiger partial charge in [-0.3, -0.25) is 10.1 Å². The summed E-state index contributed by atoms with van der Waals surface area (Å²) >= 11 is 5.96. The second-order valence-corrected chi connectivity index (χ2v) is 8.97. The summed E-state index contributed by atoms with van der Waals surface area (Å²) in [6.07, 6.45) is 3.77. The van der Waals surface area contributed by atoms with Gasteiger partial charge in [-0.05, 0) is 49.9 Å². The molecule has 0 radical (unpaired) electrons. The fraction of sp³-hybridized carbons (Fsp3) is 0.545. The van der Waals surface area contributed by atoms with Crippen molar-refractivity contribution in [2.75, 3.05) is 30.0 Å². The van der Waals surface area contributed by atoms with Crippen molar-refractivity contribution in [3.05, 3.63) is 41.0 Å². The number of nitrogens with one attached hydrogen (secondary N) is 1. The fourth-order valence-corrected chi connectivity index (χ4v) is 3.80. The third-order valence-corrected chi connectivity index (χ3v) is 5.95. The molecule has 1 N–H and O–H groups in total. The van der Waals surface area contributed by atoms with E-state index in [9.17, 15) is 4.79 Å². The molecule has 2 aromatic rings. The molecule has 162 valence electrons. The molecule has 7 nitrogen and oxygen atoms in total. The summed E-state index contributed by atoms with van der Waals surface area (Å²) in [6.45, 7) is 6.11. The average Bonchev–Trinajstić information content (AvgIpc) is 3.17. The Morgan fingerprint density at radius 1 is 1.30 bits per heavy atom. The van der Waals surface area contributed by atoms with Crippen LogP contribution in [0.2, 0.25) is 5.02 Å². The number of aromatic nitrogens is 1. The van der Waals surface area contributed by atoms with Crippen LogP contribution < -0.4 is 10.2 Å². The van der Waals surface area contributed by atoms with Gasteiger partial charge in [0.15, 0.2) is 6.29 Å². The highest BCUT2D eigenvalue weighted by molar-refractivity contribution is 6.30. The summed E-state index contributed by atoms with van der Waals surface area (Å²) in [7, 11) is 0. The van der Waals surface area contributed by atoms with Crippen molar-refractivity contribution in [3.63, 3.8) is 0 Å². The van der Waals surface area contributed by atoms with Gasteiger partial charge in [-0.25, -0.2) is 0 Å². The van der Waals surface area contributed by atoms with Gasteiger partial charge in [0.2, 0.25) is 11.8 Å². The summed E-state index contributed by atoms with van der Waals surface area (Å²) in [4.78, 5) is 14.8. The van der Waals surface area contributed by atoms with Crippen LogP contribution in [0.25, 0.3) is 0 Å². The molecule has 4 rings (SSSR count). The predicted octanol–water partition coefficient (Wildman–Crippen LogP) is 4.37. The zero-order valence-corrected chi connectivity index (χ0v) is 18.2. The SMILES string of the molecule is CC(C)(COC1CCCCO1)c1cc(NC(=O)C2CCN2c2ccc(Cl)cc2)on1. The average molecular weight is 434 g/mol. The molecular weight excluding hydrogens is 406 g/mol. The lowest BCUT2D eigenvalue weighted by molar-refractivity contribution is -0.170.